The summed E-state index contributed by atoms with van der Waals surface area (Å²) in [7, 11) is 0. The van der Waals surface area contributed by atoms with Gasteiger partial charge in [0.05, 0.1) is 10.7 Å². The van der Waals surface area contributed by atoms with Gasteiger partial charge in [0, 0.05) is 15.7 Å². The van der Waals surface area contributed by atoms with Crippen LogP contribution < -0.4 is 5.32 Å². The Balaban J connectivity index is 2.10. The zero-order valence-corrected chi connectivity index (χ0v) is 15.4. The average Bonchev–Trinajstić information content (AvgIpc) is 2.54. The lowest BCUT2D eigenvalue weighted by Gasteiger charge is -2.17. The van der Waals surface area contributed by atoms with Crippen LogP contribution in [0.5, 0.6) is 0 Å². The van der Waals surface area contributed by atoms with Gasteiger partial charge in [-0.25, -0.2) is 0 Å². The Bertz CT molecular complexity index is 858. The molecule has 0 fully saturated rings. The lowest BCUT2D eigenvalue weighted by atomic mass is 9.95. The first-order valence-electron chi connectivity index (χ1n) is 7.44. The van der Waals surface area contributed by atoms with Crippen molar-refractivity contribution in [1.82, 2.24) is 0 Å². The lowest BCUT2D eigenvalue weighted by Crippen LogP contribution is -1.97. The SMILES string of the molecule is Cc1ccccc1-c1c(Br)ccc(Nc2ccccc2Cl)c1C. The molecule has 3 aromatic rings. The summed E-state index contributed by atoms with van der Waals surface area (Å²) >= 11 is 9.97. The Morgan fingerprint density at radius 1 is 0.826 bits per heavy atom. The van der Waals surface area contributed by atoms with Crippen LogP contribution in [0.1, 0.15) is 11.1 Å². The summed E-state index contributed by atoms with van der Waals surface area (Å²) in [5.41, 5.74) is 6.86. The van der Waals surface area contributed by atoms with Crippen molar-refractivity contribution in [2.45, 2.75) is 13.8 Å². The monoisotopic (exact) mass is 385 g/mol. The van der Waals surface area contributed by atoms with E-state index in [0.29, 0.717) is 5.02 Å². The molecule has 1 nitrogen and oxygen atoms in total. The molecule has 3 rings (SSSR count). The van der Waals surface area contributed by atoms with Crippen LogP contribution in [0.4, 0.5) is 11.4 Å². The summed E-state index contributed by atoms with van der Waals surface area (Å²) in [5, 5.41) is 4.16. The van der Waals surface area contributed by atoms with Crippen LogP contribution in [0.15, 0.2) is 65.1 Å². The molecule has 0 saturated heterocycles. The molecular weight excluding hydrogens is 370 g/mol. The third-order valence-corrected chi connectivity index (χ3v) is 4.96. The second-order valence-electron chi connectivity index (χ2n) is 5.51. The predicted octanol–water partition coefficient (Wildman–Crippen LogP) is 7.13. The van der Waals surface area contributed by atoms with Crippen molar-refractivity contribution in [2.75, 3.05) is 5.32 Å². The van der Waals surface area contributed by atoms with E-state index in [9.17, 15) is 0 Å². The van der Waals surface area contributed by atoms with Crippen LogP contribution >= 0.6 is 27.5 Å². The minimum absolute atomic E-state index is 0.715. The number of hydrogen-bond donors (Lipinski definition) is 1. The average molecular weight is 387 g/mol. The molecule has 0 aliphatic heterocycles. The van der Waals surface area contributed by atoms with E-state index in [1.807, 2.05) is 24.3 Å². The van der Waals surface area contributed by atoms with Crippen molar-refractivity contribution in [2.24, 2.45) is 0 Å². The van der Waals surface area contributed by atoms with Gasteiger partial charge in [0.1, 0.15) is 0 Å². The zero-order valence-electron chi connectivity index (χ0n) is 13.0. The Labute approximate surface area is 150 Å². The fourth-order valence-corrected chi connectivity index (χ4v) is 3.53. The van der Waals surface area contributed by atoms with E-state index in [0.717, 1.165) is 15.8 Å². The Hall–Kier alpha value is -1.77. The van der Waals surface area contributed by atoms with Gasteiger partial charge in [0.2, 0.25) is 0 Å². The van der Waals surface area contributed by atoms with E-state index in [2.05, 4.69) is 71.5 Å². The maximum absolute atomic E-state index is 6.27. The predicted molar refractivity (Wildman–Crippen MR) is 104 cm³/mol. The first kappa shape index (κ1) is 16.1. The van der Waals surface area contributed by atoms with Gasteiger partial charge in [-0.15, -0.1) is 0 Å². The number of benzene rings is 3. The summed E-state index contributed by atoms with van der Waals surface area (Å²) in [5.74, 6) is 0. The molecule has 1 N–H and O–H groups in total. The molecule has 23 heavy (non-hydrogen) atoms. The maximum atomic E-state index is 6.27. The molecule has 0 aromatic heterocycles. The minimum atomic E-state index is 0.715. The van der Waals surface area contributed by atoms with Crippen LogP contribution in [-0.2, 0) is 0 Å². The lowest BCUT2D eigenvalue weighted by molar-refractivity contribution is 1.38. The third kappa shape index (κ3) is 3.29. The van der Waals surface area contributed by atoms with E-state index >= 15 is 0 Å². The van der Waals surface area contributed by atoms with Gasteiger partial charge in [-0.05, 0) is 54.8 Å². The molecule has 0 saturated carbocycles. The van der Waals surface area contributed by atoms with Gasteiger partial charge in [-0.2, -0.15) is 0 Å². The summed E-state index contributed by atoms with van der Waals surface area (Å²) in [6, 6.07) is 20.4. The van der Waals surface area contributed by atoms with E-state index < -0.39 is 0 Å². The number of nitrogens with one attached hydrogen (secondary N) is 1. The minimum Gasteiger partial charge on any atom is -0.354 e. The molecule has 0 atom stereocenters. The third-order valence-electron chi connectivity index (χ3n) is 3.97. The standard InChI is InChI=1S/C20H17BrClN/c1-13-7-3-4-8-15(13)20-14(2)18(12-11-16(20)21)23-19-10-6-5-9-17(19)22/h3-12,23H,1-2H3. The highest BCUT2D eigenvalue weighted by atomic mass is 79.9. The highest BCUT2D eigenvalue weighted by molar-refractivity contribution is 9.10. The van der Waals surface area contributed by atoms with Crippen molar-refractivity contribution >= 4 is 38.9 Å². The van der Waals surface area contributed by atoms with Gasteiger partial charge in [0.25, 0.3) is 0 Å². The summed E-state index contributed by atoms with van der Waals surface area (Å²) in [6.45, 7) is 4.26. The molecule has 0 radical (unpaired) electrons. The molecule has 0 spiro atoms. The van der Waals surface area contributed by atoms with Crippen LogP contribution in [-0.4, -0.2) is 0 Å². The molecule has 0 amide bonds. The highest BCUT2D eigenvalue weighted by Crippen LogP contribution is 2.38. The van der Waals surface area contributed by atoms with Crippen LogP contribution in [0, 0.1) is 13.8 Å². The fourth-order valence-electron chi connectivity index (χ4n) is 2.71. The van der Waals surface area contributed by atoms with Crippen molar-refractivity contribution in [1.29, 1.82) is 0 Å². The number of anilines is 2. The van der Waals surface area contributed by atoms with Gasteiger partial charge in [-0.3, -0.25) is 0 Å². The van der Waals surface area contributed by atoms with Gasteiger partial charge < -0.3 is 5.32 Å². The number of aryl methyl sites for hydroxylation is 1. The first-order valence-corrected chi connectivity index (χ1v) is 8.61. The zero-order chi connectivity index (χ0) is 16.4. The Kier molecular flexibility index (Phi) is 4.74. The molecule has 0 unspecified atom stereocenters. The van der Waals surface area contributed by atoms with E-state index in [-0.39, 0.29) is 0 Å². The summed E-state index contributed by atoms with van der Waals surface area (Å²) in [6.07, 6.45) is 0. The van der Waals surface area contributed by atoms with Gasteiger partial charge in [0.15, 0.2) is 0 Å². The van der Waals surface area contributed by atoms with Crippen LogP contribution in [0.25, 0.3) is 11.1 Å². The molecule has 116 valence electrons. The topological polar surface area (TPSA) is 12.0 Å². The summed E-state index contributed by atoms with van der Waals surface area (Å²) in [4.78, 5) is 0. The molecule has 0 bridgehead atoms. The van der Waals surface area contributed by atoms with Gasteiger partial charge in [-0.1, -0.05) is 63.9 Å². The van der Waals surface area contributed by atoms with E-state index in [1.54, 1.807) is 0 Å². The number of para-hydroxylation sites is 1. The largest absolute Gasteiger partial charge is 0.354 e. The normalized spacial score (nSPS) is 10.6. The van der Waals surface area contributed by atoms with Crippen molar-refractivity contribution in [3.63, 3.8) is 0 Å². The van der Waals surface area contributed by atoms with Gasteiger partial charge >= 0.3 is 0 Å². The van der Waals surface area contributed by atoms with Crippen molar-refractivity contribution in [3.8, 4) is 11.1 Å². The van der Waals surface area contributed by atoms with Crippen LogP contribution in [0.2, 0.25) is 5.02 Å². The fraction of sp³-hybridized carbons (Fsp3) is 0.100. The van der Waals surface area contributed by atoms with Crippen molar-refractivity contribution in [3.05, 3.63) is 81.3 Å². The number of rotatable bonds is 3. The quantitative estimate of drug-likeness (QED) is 0.505. The first-order chi connectivity index (χ1) is 11.1. The molecule has 3 aromatic carbocycles. The summed E-state index contributed by atoms with van der Waals surface area (Å²) < 4.78 is 1.09. The molecule has 0 aliphatic carbocycles. The van der Waals surface area contributed by atoms with E-state index in [4.69, 9.17) is 11.6 Å². The maximum Gasteiger partial charge on any atom is 0.0640 e. The second kappa shape index (κ2) is 6.77. The van der Waals surface area contributed by atoms with Crippen LogP contribution in [0.3, 0.4) is 0 Å². The second-order valence-corrected chi connectivity index (χ2v) is 6.78. The molecular formula is C20H17BrClN. The Morgan fingerprint density at radius 2 is 1.52 bits per heavy atom. The molecule has 0 heterocycles. The molecule has 3 heteroatoms. The number of halogens is 2. The van der Waals surface area contributed by atoms with E-state index in [1.165, 1.54) is 22.3 Å². The Morgan fingerprint density at radius 3 is 2.26 bits per heavy atom. The van der Waals surface area contributed by atoms with Crippen molar-refractivity contribution < 1.29 is 0 Å². The highest BCUT2D eigenvalue weighted by Gasteiger charge is 2.13. The number of hydrogen-bond acceptors (Lipinski definition) is 1. The smallest absolute Gasteiger partial charge is 0.0640 e. The molecule has 0 aliphatic rings.